The van der Waals surface area contributed by atoms with Crippen molar-refractivity contribution in [3.63, 3.8) is 0 Å². The fourth-order valence-electron chi connectivity index (χ4n) is 3.09. The standard InChI is InChI=1S/C22H19BrF3N7O2S/c1-13-3-5-14(6-4-13)29-20-17(23)10-27-21(31-20)30-15-7-8-18(16(9-15)22(24,25)26)32-36(34,35)19-11-33(2)12-28-19/h3-12,32H,1-2H3,(H2,27,29,30,31). The molecule has 0 bridgehead atoms. The third-order valence-electron chi connectivity index (χ3n) is 4.84. The summed E-state index contributed by atoms with van der Waals surface area (Å²) in [6.45, 7) is 1.95. The lowest BCUT2D eigenvalue weighted by molar-refractivity contribution is -0.136. The number of hydrogen-bond acceptors (Lipinski definition) is 7. The van der Waals surface area contributed by atoms with Crippen molar-refractivity contribution in [2.24, 2.45) is 7.05 Å². The number of nitrogens with zero attached hydrogens (tertiary/aromatic N) is 4. The van der Waals surface area contributed by atoms with Crippen LogP contribution < -0.4 is 15.4 Å². The molecule has 0 aliphatic heterocycles. The summed E-state index contributed by atoms with van der Waals surface area (Å²) in [5, 5.41) is 5.43. The molecule has 4 aromatic rings. The summed E-state index contributed by atoms with van der Waals surface area (Å²) in [5.74, 6) is 0.426. The lowest BCUT2D eigenvalue weighted by Gasteiger charge is -2.16. The number of imidazole rings is 1. The number of sulfonamides is 1. The molecule has 9 nitrogen and oxygen atoms in total. The van der Waals surface area contributed by atoms with Crippen molar-refractivity contribution in [3.05, 3.63) is 76.8 Å². The number of anilines is 5. The van der Waals surface area contributed by atoms with Crippen molar-refractivity contribution in [1.29, 1.82) is 0 Å². The van der Waals surface area contributed by atoms with Gasteiger partial charge in [0.2, 0.25) is 5.95 Å². The molecule has 0 spiro atoms. The second-order valence-corrected chi connectivity index (χ2v) is 10.2. The number of alkyl halides is 3. The first-order valence-corrected chi connectivity index (χ1v) is 12.5. The van der Waals surface area contributed by atoms with E-state index >= 15 is 0 Å². The van der Waals surface area contributed by atoms with Gasteiger partial charge in [-0.25, -0.2) is 9.97 Å². The third-order valence-corrected chi connectivity index (χ3v) is 6.67. The van der Waals surface area contributed by atoms with Gasteiger partial charge in [0.05, 0.1) is 22.1 Å². The van der Waals surface area contributed by atoms with E-state index in [0.29, 0.717) is 10.3 Å². The van der Waals surface area contributed by atoms with Crippen molar-refractivity contribution in [2.45, 2.75) is 18.1 Å². The number of benzene rings is 2. The fourth-order valence-corrected chi connectivity index (χ4v) is 4.44. The molecule has 14 heteroatoms. The van der Waals surface area contributed by atoms with Crippen LogP contribution in [-0.2, 0) is 23.2 Å². The van der Waals surface area contributed by atoms with Gasteiger partial charge < -0.3 is 15.2 Å². The van der Waals surface area contributed by atoms with Gasteiger partial charge in [-0.05, 0) is 53.2 Å². The van der Waals surface area contributed by atoms with Crippen LogP contribution in [0.15, 0.2) is 70.7 Å². The molecule has 0 fully saturated rings. The molecule has 2 aromatic carbocycles. The summed E-state index contributed by atoms with van der Waals surface area (Å²) in [5.41, 5.74) is 0.0109. The highest BCUT2D eigenvalue weighted by Crippen LogP contribution is 2.38. The first-order chi connectivity index (χ1) is 16.9. The SMILES string of the molecule is Cc1ccc(Nc2nc(Nc3ccc(NS(=O)(=O)c4cn(C)cn4)c(C(F)(F)F)c3)ncc2Br)cc1. The number of aryl methyl sites for hydroxylation is 2. The zero-order valence-electron chi connectivity index (χ0n) is 18.8. The molecule has 4 rings (SSSR count). The predicted octanol–water partition coefficient (Wildman–Crippen LogP) is 5.59. The van der Waals surface area contributed by atoms with Crippen molar-refractivity contribution in [2.75, 3.05) is 15.4 Å². The van der Waals surface area contributed by atoms with Crippen LogP contribution in [0.4, 0.5) is 42.0 Å². The Morgan fingerprint density at radius 1 is 1.00 bits per heavy atom. The van der Waals surface area contributed by atoms with Crippen LogP contribution in [0.1, 0.15) is 11.1 Å². The van der Waals surface area contributed by atoms with E-state index in [-0.39, 0.29) is 11.6 Å². The molecule has 0 aliphatic rings. The summed E-state index contributed by atoms with van der Waals surface area (Å²) in [4.78, 5) is 12.1. The van der Waals surface area contributed by atoms with Crippen LogP contribution in [0.2, 0.25) is 0 Å². The van der Waals surface area contributed by atoms with Crippen molar-refractivity contribution < 1.29 is 21.6 Å². The van der Waals surface area contributed by atoms with Gasteiger partial charge in [0.25, 0.3) is 10.0 Å². The Kier molecular flexibility index (Phi) is 6.91. The Morgan fingerprint density at radius 2 is 1.69 bits per heavy atom. The van der Waals surface area contributed by atoms with E-state index in [2.05, 4.69) is 41.5 Å². The minimum Gasteiger partial charge on any atom is -0.339 e. The Balaban J connectivity index is 1.60. The monoisotopic (exact) mass is 581 g/mol. The van der Waals surface area contributed by atoms with E-state index in [1.807, 2.05) is 35.9 Å². The summed E-state index contributed by atoms with van der Waals surface area (Å²) in [6, 6.07) is 10.6. The van der Waals surface area contributed by atoms with Gasteiger partial charge in [-0.1, -0.05) is 17.7 Å². The Labute approximate surface area is 213 Å². The highest BCUT2D eigenvalue weighted by molar-refractivity contribution is 9.10. The second kappa shape index (κ2) is 9.78. The lowest BCUT2D eigenvalue weighted by atomic mass is 10.1. The Morgan fingerprint density at radius 3 is 2.33 bits per heavy atom. The smallest absolute Gasteiger partial charge is 0.339 e. The number of halogens is 4. The Bertz CT molecular complexity index is 1510. The van der Waals surface area contributed by atoms with E-state index in [0.717, 1.165) is 23.4 Å². The quantitative estimate of drug-likeness (QED) is 0.261. The first kappa shape index (κ1) is 25.4. The van der Waals surface area contributed by atoms with E-state index in [4.69, 9.17) is 0 Å². The molecule has 2 aromatic heterocycles. The van der Waals surface area contributed by atoms with Crippen molar-refractivity contribution in [1.82, 2.24) is 19.5 Å². The molecule has 0 saturated carbocycles. The Hall–Kier alpha value is -3.65. The van der Waals surface area contributed by atoms with Crippen LogP contribution in [0.5, 0.6) is 0 Å². The number of nitrogens with one attached hydrogen (secondary N) is 3. The zero-order valence-corrected chi connectivity index (χ0v) is 21.2. The van der Waals surface area contributed by atoms with Crippen LogP contribution >= 0.6 is 15.9 Å². The zero-order chi connectivity index (χ0) is 26.1. The first-order valence-electron chi connectivity index (χ1n) is 10.3. The molecule has 2 heterocycles. The fraction of sp³-hybridized carbons (Fsp3) is 0.136. The number of hydrogen-bond donors (Lipinski definition) is 3. The third kappa shape index (κ3) is 5.94. The molecule has 3 N–H and O–H groups in total. The van der Waals surface area contributed by atoms with Gasteiger partial charge in [-0.15, -0.1) is 0 Å². The molecule has 0 amide bonds. The lowest BCUT2D eigenvalue weighted by Crippen LogP contribution is -2.18. The number of rotatable bonds is 7. The van der Waals surface area contributed by atoms with Gasteiger partial charge in [0.1, 0.15) is 5.82 Å². The van der Waals surface area contributed by atoms with E-state index in [9.17, 15) is 21.6 Å². The number of aromatic nitrogens is 4. The maximum atomic E-state index is 13.8. The highest BCUT2D eigenvalue weighted by atomic mass is 79.9. The summed E-state index contributed by atoms with van der Waals surface area (Å²) in [7, 11) is -2.79. The molecule has 36 heavy (non-hydrogen) atoms. The van der Waals surface area contributed by atoms with Crippen molar-refractivity contribution in [3.8, 4) is 0 Å². The van der Waals surface area contributed by atoms with Gasteiger partial charge in [-0.2, -0.15) is 26.6 Å². The average Bonchev–Trinajstić information content (AvgIpc) is 3.25. The van der Waals surface area contributed by atoms with Crippen LogP contribution in [0, 0.1) is 6.92 Å². The van der Waals surface area contributed by atoms with Crippen LogP contribution in [0.3, 0.4) is 0 Å². The molecule has 0 radical (unpaired) electrons. The predicted molar refractivity (Wildman–Crippen MR) is 133 cm³/mol. The van der Waals surface area contributed by atoms with Crippen molar-refractivity contribution >= 4 is 54.8 Å². The topological polar surface area (TPSA) is 114 Å². The summed E-state index contributed by atoms with van der Waals surface area (Å²) < 4.78 is 70.3. The van der Waals surface area contributed by atoms with Crippen LogP contribution in [-0.4, -0.2) is 27.9 Å². The normalized spacial score (nSPS) is 11.8. The molecule has 0 saturated heterocycles. The summed E-state index contributed by atoms with van der Waals surface area (Å²) >= 11 is 3.35. The highest BCUT2D eigenvalue weighted by Gasteiger charge is 2.35. The van der Waals surface area contributed by atoms with Gasteiger partial charge in [-0.3, -0.25) is 4.72 Å². The van der Waals surface area contributed by atoms with E-state index in [1.165, 1.54) is 29.4 Å². The van der Waals surface area contributed by atoms with Gasteiger partial charge in [0.15, 0.2) is 5.03 Å². The largest absolute Gasteiger partial charge is 0.418 e. The molecular formula is C22H19BrF3N7O2S. The van der Waals surface area contributed by atoms with E-state index < -0.39 is 32.5 Å². The molecular weight excluding hydrogens is 563 g/mol. The van der Waals surface area contributed by atoms with E-state index in [1.54, 1.807) is 7.05 Å². The molecule has 0 atom stereocenters. The molecule has 0 unspecified atom stereocenters. The van der Waals surface area contributed by atoms with Crippen LogP contribution in [0.25, 0.3) is 0 Å². The maximum absolute atomic E-state index is 13.8. The summed E-state index contributed by atoms with van der Waals surface area (Å²) in [6.07, 6.45) is -0.991. The van der Waals surface area contributed by atoms with Gasteiger partial charge in [0, 0.05) is 30.8 Å². The molecule has 0 aliphatic carbocycles. The molecule has 188 valence electrons. The maximum Gasteiger partial charge on any atom is 0.418 e. The van der Waals surface area contributed by atoms with Gasteiger partial charge >= 0.3 is 6.18 Å². The second-order valence-electron chi connectivity index (χ2n) is 7.75. The minimum atomic E-state index is -4.85. The average molecular weight is 582 g/mol. The minimum absolute atomic E-state index is 0.00622.